The van der Waals surface area contributed by atoms with Crippen LogP contribution < -0.4 is 10.4 Å². The molecule has 1 aromatic rings. The minimum absolute atomic E-state index is 0.291. The Morgan fingerprint density at radius 1 is 1.07 bits per heavy atom. The standard InChI is InChI=1S/C12H8O2/c13-11-8-5-1-3-7-4-2-6-9(10(7)8)12(11)14/h1,3-5H,2,6H2. The molecule has 14 heavy (non-hydrogen) atoms. The van der Waals surface area contributed by atoms with E-state index >= 15 is 0 Å². The van der Waals surface area contributed by atoms with E-state index in [2.05, 4.69) is 6.08 Å². The van der Waals surface area contributed by atoms with E-state index in [1.54, 1.807) is 6.07 Å². The molecule has 0 fully saturated rings. The summed E-state index contributed by atoms with van der Waals surface area (Å²) < 4.78 is 0. The number of hydrogen-bond donors (Lipinski definition) is 0. The summed E-state index contributed by atoms with van der Waals surface area (Å²) in [5.74, 6) is -0.618. The second-order valence-electron chi connectivity index (χ2n) is 3.65. The highest BCUT2D eigenvalue weighted by atomic mass is 16.2. The van der Waals surface area contributed by atoms with Crippen LogP contribution in [0.4, 0.5) is 0 Å². The quantitative estimate of drug-likeness (QED) is 0.539. The van der Waals surface area contributed by atoms with Crippen LogP contribution in [0.15, 0.2) is 18.2 Å². The van der Waals surface area contributed by atoms with Gasteiger partial charge in [-0.05, 0) is 23.3 Å². The first-order valence-corrected chi connectivity index (χ1v) is 4.70. The average Bonchev–Trinajstić information content (AvgIpc) is 2.47. The first-order chi connectivity index (χ1) is 6.79. The lowest BCUT2D eigenvalue weighted by atomic mass is 10.0. The summed E-state index contributed by atoms with van der Waals surface area (Å²) in [7, 11) is 0. The van der Waals surface area contributed by atoms with Crippen LogP contribution in [0.5, 0.6) is 0 Å². The van der Waals surface area contributed by atoms with E-state index < -0.39 is 0 Å². The summed E-state index contributed by atoms with van der Waals surface area (Å²) in [6, 6.07) is 5.54. The van der Waals surface area contributed by atoms with Crippen molar-refractivity contribution < 1.29 is 9.59 Å². The molecule has 0 unspecified atom stereocenters. The zero-order valence-electron chi connectivity index (χ0n) is 7.54. The molecule has 2 nitrogen and oxygen atoms in total. The van der Waals surface area contributed by atoms with Gasteiger partial charge in [0.25, 0.3) is 0 Å². The summed E-state index contributed by atoms with van der Waals surface area (Å²) in [4.78, 5) is 23.1. The van der Waals surface area contributed by atoms with Gasteiger partial charge in [0.2, 0.25) is 11.6 Å². The van der Waals surface area contributed by atoms with Gasteiger partial charge in [-0.3, -0.25) is 9.59 Å². The molecule has 2 aliphatic carbocycles. The Kier molecular flexibility index (Phi) is 1.32. The molecule has 0 saturated carbocycles. The second kappa shape index (κ2) is 2.41. The van der Waals surface area contributed by atoms with Crippen molar-refractivity contribution in [3.63, 3.8) is 0 Å². The molecule has 68 valence electrons. The Labute approximate surface area is 80.6 Å². The Morgan fingerprint density at radius 2 is 1.93 bits per heavy atom. The summed E-state index contributed by atoms with van der Waals surface area (Å²) >= 11 is 0. The Balaban J connectivity index is 2.59. The second-order valence-corrected chi connectivity index (χ2v) is 3.65. The fraction of sp³-hybridized carbons (Fsp3) is 0.167. The van der Waals surface area contributed by atoms with E-state index in [1.165, 1.54) is 0 Å². The molecule has 0 amide bonds. The molecule has 0 atom stereocenters. The third kappa shape index (κ3) is 0.757. The predicted molar refractivity (Wildman–Crippen MR) is 52.1 cm³/mol. The smallest absolute Gasteiger partial charge is 0.233 e. The van der Waals surface area contributed by atoms with Crippen molar-refractivity contribution in [2.45, 2.75) is 12.8 Å². The van der Waals surface area contributed by atoms with Gasteiger partial charge in [-0.25, -0.2) is 0 Å². The number of carbonyl (C=O) groups excluding carboxylic acids is 2. The first-order valence-electron chi connectivity index (χ1n) is 4.70. The minimum atomic E-state index is -0.327. The predicted octanol–water partition coefficient (Wildman–Crippen LogP) is 0.177. The van der Waals surface area contributed by atoms with Crippen molar-refractivity contribution in [3.05, 3.63) is 34.2 Å². The van der Waals surface area contributed by atoms with E-state index in [-0.39, 0.29) is 11.6 Å². The van der Waals surface area contributed by atoms with Gasteiger partial charge in [-0.15, -0.1) is 0 Å². The van der Waals surface area contributed by atoms with Crippen molar-refractivity contribution in [2.24, 2.45) is 0 Å². The lowest BCUT2D eigenvalue weighted by Gasteiger charge is -2.02. The Bertz CT molecular complexity index is 579. The normalized spacial score (nSPS) is 18.1. The molecule has 0 radical (unpaired) electrons. The van der Waals surface area contributed by atoms with Crippen molar-refractivity contribution in [3.8, 4) is 0 Å². The van der Waals surface area contributed by atoms with Gasteiger partial charge < -0.3 is 0 Å². The topological polar surface area (TPSA) is 34.1 Å². The van der Waals surface area contributed by atoms with Crippen LogP contribution in [-0.2, 0) is 4.79 Å². The largest absolute Gasteiger partial charge is 0.285 e. The molecule has 0 bridgehead atoms. The lowest BCUT2D eigenvalue weighted by molar-refractivity contribution is -0.110. The van der Waals surface area contributed by atoms with Crippen molar-refractivity contribution in [1.29, 1.82) is 0 Å². The fourth-order valence-corrected chi connectivity index (χ4v) is 2.25. The maximum absolute atomic E-state index is 11.6. The molecule has 0 saturated heterocycles. The lowest BCUT2D eigenvalue weighted by Crippen LogP contribution is -2.30. The van der Waals surface area contributed by atoms with Gasteiger partial charge in [0, 0.05) is 11.1 Å². The number of carbonyl (C=O) groups is 2. The molecule has 3 rings (SSSR count). The molecular formula is C12H8O2. The maximum Gasteiger partial charge on any atom is 0.233 e. The monoisotopic (exact) mass is 184 g/mol. The maximum atomic E-state index is 11.6. The summed E-state index contributed by atoms with van der Waals surface area (Å²) in [5, 5.41) is 1.94. The van der Waals surface area contributed by atoms with E-state index in [4.69, 9.17) is 0 Å². The van der Waals surface area contributed by atoms with Crippen LogP contribution in [0.2, 0.25) is 0 Å². The van der Waals surface area contributed by atoms with Crippen LogP contribution in [0.1, 0.15) is 23.2 Å². The molecule has 2 heteroatoms. The number of rotatable bonds is 0. The number of ketones is 2. The van der Waals surface area contributed by atoms with Crippen molar-refractivity contribution >= 4 is 23.2 Å². The van der Waals surface area contributed by atoms with Crippen LogP contribution in [0.25, 0.3) is 11.6 Å². The summed E-state index contributed by atoms with van der Waals surface area (Å²) in [6.45, 7) is 0. The highest BCUT2D eigenvalue weighted by molar-refractivity contribution is 6.59. The minimum Gasteiger partial charge on any atom is -0.285 e. The van der Waals surface area contributed by atoms with Crippen LogP contribution in [0.3, 0.4) is 0 Å². The number of Topliss-reactive ketones (excluding diaryl/α,β-unsaturated/α-hetero) is 2. The Morgan fingerprint density at radius 3 is 2.79 bits per heavy atom. The SMILES string of the molecule is O=C1C(=O)c2cccc3c2=C1CCC=3. The first kappa shape index (κ1) is 7.68. The van der Waals surface area contributed by atoms with E-state index in [0.29, 0.717) is 12.0 Å². The molecule has 1 aromatic carbocycles. The third-order valence-corrected chi connectivity index (χ3v) is 2.88. The van der Waals surface area contributed by atoms with Crippen molar-refractivity contribution in [2.75, 3.05) is 0 Å². The van der Waals surface area contributed by atoms with Crippen molar-refractivity contribution in [1.82, 2.24) is 0 Å². The molecular weight excluding hydrogens is 176 g/mol. The van der Waals surface area contributed by atoms with Gasteiger partial charge in [0.15, 0.2) is 0 Å². The third-order valence-electron chi connectivity index (χ3n) is 2.88. The highest BCUT2D eigenvalue weighted by Gasteiger charge is 2.30. The molecule has 0 heterocycles. The fourth-order valence-electron chi connectivity index (χ4n) is 2.25. The highest BCUT2D eigenvalue weighted by Crippen LogP contribution is 2.17. The number of hydrogen-bond acceptors (Lipinski definition) is 2. The summed E-state index contributed by atoms with van der Waals surface area (Å²) in [5.41, 5.74) is 1.32. The van der Waals surface area contributed by atoms with Gasteiger partial charge >= 0.3 is 0 Å². The molecule has 0 aromatic heterocycles. The van der Waals surface area contributed by atoms with Gasteiger partial charge in [0.1, 0.15) is 0 Å². The Hall–Kier alpha value is -1.70. The zero-order chi connectivity index (χ0) is 9.71. The molecule has 2 aliphatic rings. The summed E-state index contributed by atoms with van der Waals surface area (Å²) in [6.07, 6.45) is 3.67. The number of benzene rings is 1. The van der Waals surface area contributed by atoms with Gasteiger partial charge in [-0.2, -0.15) is 0 Å². The van der Waals surface area contributed by atoms with E-state index in [0.717, 1.165) is 22.4 Å². The molecule has 0 spiro atoms. The van der Waals surface area contributed by atoms with E-state index in [1.807, 2.05) is 12.1 Å². The van der Waals surface area contributed by atoms with Crippen LogP contribution in [0, 0.1) is 0 Å². The molecule has 0 N–H and O–H groups in total. The molecule has 0 aliphatic heterocycles. The zero-order valence-corrected chi connectivity index (χ0v) is 7.54. The van der Waals surface area contributed by atoms with Crippen LogP contribution in [-0.4, -0.2) is 11.6 Å². The van der Waals surface area contributed by atoms with Gasteiger partial charge in [-0.1, -0.05) is 24.3 Å². The van der Waals surface area contributed by atoms with Crippen LogP contribution >= 0.6 is 0 Å². The average molecular weight is 184 g/mol. The van der Waals surface area contributed by atoms with E-state index in [9.17, 15) is 9.59 Å². The van der Waals surface area contributed by atoms with Gasteiger partial charge in [0.05, 0.1) is 0 Å².